The van der Waals surface area contributed by atoms with Gasteiger partial charge in [0.2, 0.25) is 5.91 Å². The van der Waals surface area contributed by atoms with Crippen molar-refractivity contribution in [3.63, 3.8) is 0 Å². The summed E-state index contributed by atoms with van der Waals surface area (Å²) in [5.41, 5.74) is 0.264. The summed E-state index contributed by atoms with van der Waals surface area (Å²) in [7, 11) is 0. The Balaban J connectivity index is 1.42. The van der Waals surface area contributed by atoms with E-state index in [1.807, 2.05) is 30.3 Å². The lowest BCUT2D eigenvalue weighted by atomic mass is 9.85. The molecule has 0 spiro atoms. The average Bonchev–Trinajstić information content (AvgIpc) is 3.38. The monoisotopic (exact) mass is 415 g/mol. The first-order valence-electron chi connectivity index (χ1n) is 9.92. The number of carboxylic acid groups (broad SMARTS) is 1. The van der Waals surface area contributed by atoms with Gasteiger partial charge in [0, 0.05) is 12.0 Å². The molecule has 30 heavy (non-hydrogen) atoms. The molecular weight excluding hydrogens is 390 g/mol. The van der Waals surface area contributed by atoms with Gasteiger partial charge in [-0.2, -0.15) is 0 Å². The van der Waals surface area contributed by atoms with Gasteiger partial charge in [-0.1, -0.05) is 44.2 Å². The van der Waals surface area contributed by atoms with E-state index in [2.05, 4.69) is 20.8 Å². The average molecular weight is 415 g/mol. The van der Waals surface area contributed by atoms with E-state index in [9.17, 15) is 9.59 Å². The quantitative estimate of drug-likeness (QED) is 0.687. The van der Waals surface area contributed by atoms with Crippen LogP contribution in [0.25, 0.3) is 11.4 Å². The Morgan fingerprint density at radius 3 is 2.63 bits per heavy atom. The second-order valence-corrected chi connectivity index (χ2v) is 8.56. The number of hydrogen-bond donors (Lipinski definition) is 2. The largest absolute Gasteiger partial charge is 0.481 e. The molecule has 2 aliphatic rings. The Morgan fingerprint density at radius 2 is 1.90 bits per heavy atom. The Bertz CT molecular complexity index is 915. The molecule has 1 amide bonds. The summed E-state index contributed by atoms with van der Waals surface area (Å²) in [6, 6.07) is 9.14. The normalized spacial score (nSPS) is 25.8. The minimum atomic E-state index is -0.922. The fraction of sp³-hybridized carbons (Fsp3) is 0.550. The third-order valence-electron chi connectivity index (χ3n) is 5.48. The second-order valence-electron chi connectivity index (χ2n) is 8.56. The number of benzene rings is 1. The predicted molar refractivity (Wildman–Crippen MR) is 104 cm³/mol. The summed E-state index contributed by atoms with van der Waals surface area (Å²) in [6.07, 6.45) is -0.558. The molecule has 0 unspecified atom stereocenters. The lowest BCUT2D eigenvalue weighted by molar-refractivity contribution is -0.139. The minimum Gasteiger partial charge on any atom is -0.481 e. The molecule has 3 heterocycles. The molecule has 2 saturated heterocycles. The highest BCUT2D eigenvalue weighted by Gasteiger charge is 2.50. The number of rotatable bonds is 7. The van der Waals surface area contributed by atoms with Crippen LogP contribution in [0.15, 0.2) is 30.3 Å². The number of carboxylic acids is 1. The van der Waals surface area contributed by atoms with Crippen LogP contribution in [0.3, 0.4) is 0 Å². The van der Waals surface area contributed by atoms with E-state index in [1.165, 1.54) is 0 Å². The highest BCUT2D eigenvalue weighted by molar-refractivity contribution is 5.78. The van der Waals surface area contributed by atoms with Crippen molar-refractivity contribution in [3.8, 4) is 11.4 Å². The first-order chi connectivity index (χ1) is 14.3. The van der Waals surface area contributed by atoms with Crippen LogP contribution in [0, 0.1) is 5.41 Å². The number of aromatic nitrogens is 4. The summed E-state index contributed by atoms with van der Waals surface area (Å²) >= 11 is 0. The molecule has 10 nitrogen and oxygen atoms in total. The molecule has 0 aliphatic carbocycles. The zero-order chi connectivity index (χ0) is 21.3. The maximum absolute atomic E-state index is 12.5. The van der Waals surface area contributed by atoms with E-state index in [-0.39, 0.29) is 43.0 Å². The number of fused-ring (bicyclic) bond motifs is 1. The van der Waals surface area contributed by atoms with Crippen LogP contribution in [0.2, 0.25) is 0 Å². The van der Waals surface area contributed by atoms with Gasteiger partial charge in [-0.25, -0.2) is 4.68 Å². The molecule has 4 rings (SSSR count). The zero-order valence-corrected chi connectivity index (χ0v) is 16.9. The number of ether oxygens (including phenoxy) is 2. The number of nitrogens with one attached hydrogen (secondary N) is 1. The standard InChI is InChI=1S/C20H25N5O5/c1-20(2,9-16(27)28)8-15(26)21-13-10-29-18-14(11-30-17(13)18)25-19(22-23-24-25)12-6-4-3-5-7-12/h3-7,13-14,17-18H,8-11H2,1-2H3,(H,21,26)(H,27,28)/t13-,14-,17+,18+/m0/s1. The molecule has 0 bridgehead atoms. The molecule has 10 heteroatoms. The molecule has 2 fully saturated rings. The topological polar surface area (TPSA) is 128 Å². The van der Waals surface area contributed by atoms with Crippen LogP contribution in [-0.2, 0) is 19.1 Å². The van der Waals surface area contributed by atoms with Crippen molar-refractivity contribution < 1.29 is 24.2 Å². The fourth-order valence-corrected chi connectivity index (χ4v) is 4.17. The van der Waals surface area contributed by atoms with Gasteiger partial charge in [0.05, 0.1) is 25.7 Å². The summed E-state index contributed by atoms with van der Waals surface area (Å²) < 4.78 is 13.6. The first-order valence-corrected chi connectivity index (χ1v) is 9.92. The van der Waals surface area contributed by atoms with Gasteiger partial charge in [-0.15, -0.1) is 5.10 Å². The van der Waals surface area contributed by atoms with Crippen molar-refractivity contribution in [2.45, 2.75) is 51.0 Å². The number of hydrogen-bond acceptors (Lipinski definition) is 7. The smallest absolute Gasteiger partial charge is 0.303 e. The first kappa shape index (κ1) is 20.4. The fourth-order valence-electron chi connectivity index (χ4n) is 4.17. The lowest BCUT2D eigenvalue weighted by Gasteiger charge is -2.24. The predicted octanol–water partition coefficient (Wildman–Crippen LogP) is 1.05. The summed E-state index contributed by atoms with van der Waals surface area (Å²) in [5, 5.41) is 24.1. The van der Waals surface area contributed by atoms with Crippen molar-refractivity contribution in [2.75, 3.05) is 13.2 Å². The van der Waals surface area contributed by atoms with Gasteiger partial charge in [0.15, 0.2) is 5.82 Å². The molecule has 1 aromatic carbocycles. The van der Waals surface area contributed by atoms with Crippen LogP contribution >= 0.6 is 0 Å². The van der Waals surface area contributed by atoms with Crippen molar-refractivity contribution in [3.05, 3.63) is 30.3 Å². The van der Waals surface area contributed by atoms with Crippen LogP contribution in [0.1, 0.15) is 32.7 Å². The maximum Gasteiger partial charge on any atom is 0.303 e. The van der Waals surface area contributed by atoms with Crippen LogP contribution in [0.5, 0.6) is 0 Å². The third kappa shape index (κ3) is 4.19. The van der Waals surface area contributed by atoms with Gasteiger partial charge in [0.1, 0.15) is 18.2 Å². The van der Waals surface area contributed by atoms with Gasteiger partial charge in [-0.3, -0.25) is 9.59 Å². The van der Waals surface area contributed by atoms with E-state index in [0.717, 1.165) is 5.56 Å². The molecule has 2 aromatic rings. The molecule has 160 valence electrons. The van der Waals surface area contributed by atoms with Crippen LogP contribution < -0.4 is 5.32 Å². The van der Waals surface area contributed by atoms with E-state index < -0.39 is 11.4 Å². The number of carbonyl (C=O) groups is 2. The molecule has 2 aliphatic heterocycles. The third-order valence-corrected chi connectivity index (χ3v) is 5.48. The minimum absolute atomic E-state index is 0.0756. The van der Waals surface area contributed by atoms with Crippen LogP contribution in [-0.4, -0.2) is 68.7 Å². The number of carbonyl (C=O) groups excluding carboxylic acids is 1. The molecule has 0 radical (unpaired) electrons. The molecule has 1 aromatic heterocycles. The number of aliphatic carboxylic acids is 1. The highest BCUT2D eigenvalue weighted by Crippen LogP contribution is 2.36. The number of nitrogens with zero attached hydrogens (tertiary/aromatic N) is 4. The van der Waals surface area contributed by atoms with Gasteiger partial charge in [-0.05, 0) is 15.8 Å². The molecule has 4 atom stereocenters. The highest BCUT2D eigenvalue weighted by atomic mass is 16.6. The Labute approximate surface area is 173 Å². The van der Waals surface area contributed by atoms with E-state index >= 15 is 0 Å². The van der Waals surface area contributed by atoms with Crippen molar-refractivity contribution in [2.24, 2.45) is 5.41 Å². The molecule has 2 N–H and O–H groups in total. The Kier molecular flexibility index (Phi) is 5.52. The summed E-state index contributed by atoms with van der Waals surface area (Å²) in [5.74, 6) is -0.499. The zero-order valence-electron chi connectivity index (χ0n) is 16.9. The van der Waals surface area contributed by atoms with E-state index in [4.69, 9.17) is 14.6 Å². The van der Waals surface area contributed by atoms with Crippen molar-refractivity contribution in [1.82, 2.24) is 25.5 Å². The van der Waals surface area contributed by atoms with E-state index in [1.54, 1.807) is 18.5 Å². The van der Waals surface area contributed by atoms with Crippen molar-refractivity contribution >= 4 is 11.9 Å². The number of tetrazole rings is 1. The molecular formula is C20H25N5O5. The van der Waals surface area contributed by atoms with Crippen LogP contribution in [0.4, 0.5) is 0 Å². The molecule has 0 saturated carbocycles. The number of amides is 1. The van der Waals surface area contributed by atoms with Crippen molar-refractivity contribution in [1.29, 1.82) is 0 Å². The Morgan fingerprint density at radius 1 is 1.17 bits per heavy atom. The lowest BCUT2D eigenvalue weighted by Crippen LogP contribution is -2.45. The SMILES string of the molecule is CC(C)(CC(=O)O)CC(=O)N[C@H]1CO[C@H]2[C@@H]1OC[C@@H]2n1nnnc1-c1ccccc1. The Hall–Kier alpha value is -2.85. The van der Waals surface area contributed by atoms with Gasteiger partial charge >= 0.3 is 5.97 Å². The van der Waals surface area contributed by atoms with Gasteiger partial charge < -0.3 is 19.9 Å². The summed E-state index contributed by atoms with van der Waals surface area (Å²) in [4.78, 5) is 23.5. The van der Waals surface area contributed by atoms with E-state index in [0.29, 0.717) is 19.0 Å². The maximum atomic E-state index is 12.5. The summed E-state index contributed by atoms with van der Waals surface area (Å²) in [6.45, 7) is 4.22. The second kappa shape index (κ2) is 8.11. The van der Waals surface area contributed by atoms with Gasteiger partial charge in [0.25, 0.3) is 0 Å².